The van der Waals surface area contributed by atoms with Gasteiger partial charge < -0.3 is 10.2 Å². The highest BCUT2D eigenvalue weighted by Crippen LogP contribution is 2.36. The Hall–Kier alpha value is -2.23. The maximum absolute atomic E-state index is 13.3. The Morgan fingerprint density at radius 2 is 2.10 bits per heavy atom. The number of hydrogen-bond donors (Lipinski definition) is 1. The molecule has 1 amide bonds. The van der Waals surface area contributed by atoms with E-state index in [0.29, 0.717) is 30.4 Å². The van der Waals surface area contributed by atoms with Crippen molar-refractivity contribution in [3.05, 3.63) is 28.9 Å². The third-order valence-electron chi connectivity index (χ3n) is 5.19. The van der Waals surface area contributed by atoms with Crippen LogP contribution in [-0.2, 0) is 11.0 Å². The summed E-state index contributed by atoms with van der Waals surface area (Å²) in [5.41, 5.74) is -0.778. The normalized spacial score (nSPS) is 17.6. The van der Waals surface area contributed by atoms with Crippen LogP contribution >= 0.6 is 11.3 Å². The average Bonchev–Trinajstić information content (AvgIpc) is 3.16. The highest BCUT2D eigenvalue weighted by molar-refractivity contribution is 7.15. The summed E-state index contributed by atoms with van der Waals surface area (Å²) in [6.45, 7) is 4.78. The number of hydrogen-bond acceptors (Lipinski definition) is 6. The van der Waals surface area contributed by atoms with Gasteiger partial charge in [0.15, 0.2) is 0 Å². The molecule has 1 aliphatic heterocycles. The number of amides is 1. The van der Waals surface area contributed by atoms with Gasteiger partial charge in [0.1, 0.15) is 10.8 Å². The van der Waals surface area contributed by atoms with E-state index in [0.717, 1.165) is 23.9 Å². The zero-order valence-electron chi connectivity index (χ0n) is 16.4. The van der Waals surface area contributed by atoms with Crippen LogP contribution in [0.3, 0.4) is 0 Å². The summed E-state index contributed by atoms with van der Waals surface area (Å²) < 4.78 is 39.9. The molecule has 6 nitrogen and oxygen atoms in total. The molecule has 1 unspecified atom stereocenters. The number of aromatic nitrogens is 3. The second-order valence-electron chi connectivity index (χ2n) is 7.11. The van der Waals surface area contributed by atoms with Crippen molar-refractivity contribution in [2.45, 2.75) is 51.6 Å². The van der Waals surface area contributed by atoms with Gasteiger partial charge in [-0.3, -0.25) is 4.79 Å². The molecule has 10 heteroatoms. The van der Waals surface area contributed by atoms with Gasteiger partial charge in [-0.1, -0.05) is 25.2 Å². The van der Waals surface area contributed by atoms with Crippen LogP contribution in [0.5, 0.6) is 0 Å². The molecule has 0 radical (unpaired) electrons. The van der Waals surface area contributed by atoms with E-state index in [1.54, 1.807) is 4.90 Å². The molecule has 0 spiro atoms. The first-order chi connectivity index (χ1) is 13.8. The lowest BCUT2D eigenvalue weighted by Crippen LogP contribution is -2.42. The number of carbonyl (C=O) groups excluding carboxylic acids is 1. The number of piperidine rings is 1. The van der Waals surface area contributed by atoms with E-state index in [1.807, 2.05) is 0 Å². The van der Waals surface area contributed by atoms with Crippen LogP contribution in [0.15, 0.2) is 18.3 Å². The molecular formula is C19H24F3N5OS. The first-order valence-electron chi connectivity index (χ1n) is 9.74. The van der Waals surface area contributed by atoms with Crippen molar-refractivity contribution in [1.29, 1.82) is 0 Å². The second kappa shape index (κ2) is 9.06. The summed E-state index contributed by atoms with van der Waals surface area (Å²) in [5, 5.41) is 12.3. The van der Waals surface area contributed by atoms with Crippen molar-refractivity contribution in [3.8, 4) is 0 Å². The Bertz CT molecular complexity index is 837. The van der Waals surface area contributed by atoms with Gasteiger partial charge in [0, 0.05) is 25.2 Å². The molecule has 1 atom stereocenters. The smallest absolute Gasteiger partial charge is 0.355 e. The highest BCUT2D eigenvalue weighted by atomic mass is 32.1. The van der Waals surface area contributed by atoms with E-state index < -0.39 is 17.7 Å². The van der Waals surface area contributed by atoms with E-state index in [9.17, 15) is 18.0 Å². The average molecular weight is 427 g/mol. The minimum absolute atomic E-state index is 0.121. The second-order valence-corrected chi connectivity index (χ2v) is 8.11. The SMILES string of the molecule is CCC(CC)c1nnc(NC(=O)C2CCCN(c3ncccc3C(F)(F)F)C2)s1. The van der Waals surface area contributed by atoms with E-state index in [4.69, 9.17) is 0 Å². The Morgan fingerprint density at radius 3 is 2.79 bits per heavy atom. The van der Waals surface area contributed by atoms with Crippen molar-refractivity contribution < 1.29 is 18.0 Å². The molecule has 1 fully saturated rings. The van der Waals surface area contributed by atoms with Gasteiger partial charge in [0.05, 0.1) is 11.5 Å². The molecule has 0 aromatic carbocycles. The van der Waals surface area contributed by atoms with E-state index in [2.05, 4.69) is 34.3 Å². The van der Waals surface area contributed by atoms with E-state index in [1.165, 1.54) is 23.6 Å². The molecule has 3 heterocycles. The summed E-state index contributed by atoms with van der Waals surface area (Å²) in [5.74, 6) is -0.489. The van der Waals surface area contributed by atoms with Crippen molar-refractivity contribution in [2.24, 2.45) is 5.92 Å². The van der Waals surface area contributed by atoms with Gasteiger partial charge in [0.2, 0.25) is 11.0 Å². The third-order valence-corrected chi connectivity index (χ3v) is 6.19. The first-order valence-corrected chi connectivity index (χ1v) is 10.6. The molecule has 3 rings (SSSR count). The highest BCUT2D eigenvalue weighted by Gasteiger charge is 2.37. The number of pyridine rings is 1. The molecule has 1 aliphatic rings. The predicted molar refractivity (Wildman–Crippen MR) is 106 cm³/mol. The summed E-state index contributed by atoms with van der Waals surface area (Å²) in [6.07, 6.45) is -0.0356. The van der Waals surface area contributed by atoms with Crippen LogP contribution in [0.2, 0.25) is 0 Å². The molecule has 1 N–H and O–H groups in total. The Kier molecular flexibility index (Phi) is 6.71. The van der Waals surface area contributed by atoms with Gasteiger partial charge in [-0.25, -0.2) is 4.98 Å². The van der Waals surface area contributed by atoms with Crippen molar-refractivity contribution in [3.63, 3.8) is 0 Å². The van der Waals surface area contributed by atoms with Gasteiger partial charge in [-0.15, -0.1) is 10.2 Å². The number of carbonyl (C=O) groups is 1. The fraction of sp³-hybridized carbons (Fsp3) is 0.579. The van der Waals surface area contributed by atoms with E-state index in [-0.39, 0.29) is 18.3 Å². The van der Waals surface area contributed by atoms with Crippen LogP contribution in [-0.4, -0.2) is 34.2 Å². The number of nitrogens with one attached hydrogen (secondary N) is 1. The molecule has 0 bridgehead atoms. The zero-order chi connectivity index (χ0) is 21.0. The molecule has 2 aromatic rings. The number of halogens is 3. The Labute approximate surface area is 171 Å². The van der Waals surface area contributed by atoms with Gasteiger partial charge in [-0.05, 0) is 37.8 Å². The third kappa shape index (κ3) is 5.04. The molecule has 0 aliphatic carbocycles. The van der Waals surface area contributed by atoms with Crippen molar-refractivity contribution in [1.82, 2.24) is 15.2 Å². The standard InChI is InChI=1S/C19H24F3N5OS/c1-3-12(4-2)17-25-26-18(29-17)24-16(28)13-7-6-10-27(11-13)15-14(19(20,21)22)8-5-9-23-15/h5,8-9,12-13H,3-4,6-7,10-11H2,1-2H3,(H,24,26,28). The maximum Gasteiger partial charge on any atom is 0.419 e. The number of alkyl halides is 3. The quantitative estimate of drug-likeness (QED) is 0.723. The van der Waals surface area contributed by atoms with Gasteiger partial charge >= 0.3 is 6.18 Å². The van der Waals surface area contributed by atoms with Gasteiger partial charge in [0.25, 0.3) is 0 Å². The van der Waals surface area contributed by atoms with Crippen LogP contribution in [0.1, 0.15) is 56.0 Å². The fourth-order valence-corrected chi connectivity index (χ4v) is 4.56. The summed E-state index contributed by atoms with van der Waals surface area (Å²) in [6, 6.07) is 2.29. The lowest BCUT2D eigenvalue weighted by atomic mass is 9.97. The number of rotatable bonds is 6. The van der Waals surface area contributed by atoms with E-state index >= 15 is 0 Å². The molecule has 1 saturated heterocycles. The minimum Gasteiger partial charge on any atom is -0.355 e. The molecule has 29 heavy (non-hydrogen) atoms. The molecule has 2 aromatic heterocycles. The van der Waals surface area contributed by atoms with Crippen molar-refractivity contribution in [2.75, 3.05) is 23.3 Å². The predicted octanol–water partition coefficient (Wildman–Crippen LogP) is 4.71. The first kappa shape index (κ1) is 21.5. The lowest BCUT2D eigenvalue weighted by Gasteiger charge is -2.34. The fourth-order valence-electron chi connectivity index (χ4n) is 3.55. The molecule has 0 saturated carbocycles. The monoisotopic (exact) mass is 427 g/mol. The largest absolute Gasteiger partial charge is 0.419 e. The van der Waals surface area contributed by atoms with Crippen LogP contribution in [0, 0.1) is 5.92 Å². The number of nitrogens with zero attached hydrogens (tertiary/aromatic N) is 4. The summed E-state index contributed by atoms with van der Waals surface area (Å²) in [7, 11) is 0. The maximum atomic E-state index is 13.3. The zero-order valence-corrected chi connectivity index (χ0v) is 17.2. The van der Waals surface area contributed by atoms with Crippen LogP contribution < -0.4 is 10.2 Å². The van der Waals surface area contributed by atoms with Crippen LogP contribution in [0.4, 0.5) is 24.1 Å². The topological polar surface area (TPSA) is 71.0 Å². The minimum atomic E-state index is -4.49. The Balaban J connectivity index is 1.69. The molecule has 158 valence electrons. The summed E-state index contributed by atoms with van der Waals surface area (Å²) >= 11 is 1.36. The molecular weight excluding hydrogens is 403 g/mol. The lowest BCUT2D eigenvalue weighted by molar-refractivity contribution is -0.137. The number of anilines is 2. The van der Waals surface area contributed by atoms with Crippen LogP contribution in [0.25, 0.3) is 0 Å². The Morgan fingerprint density at radius 1 is 1.34 bits per heavy atom. The van der Waals surface area contributed by atoms with Crippen molar-refractivity contribution >= 4 is 28.2 Å². The van der Waals surface area contributed by atoms with Gasteiger partial charge in [-0.2, -0.15) is 13.2 Å². The summed E-state index contributed by atoms with van der Waals surface area (Å²) in [4.78, 5) is 18.2.